The zero-order valence-corrected chi connectivity index (χ0v) is 7.28. The molecular weight excluding hydrogens is 162 g/mol. The molecule has 5 N–H and O–H groups in total. The van der Waals surface area contributed by atoms with Crippen molar-refractivity contribution in [2.75, 3.05) is 7.05 Å². The third-order valence-corrected chi connectivity index (χ3v) is 1.49. The lowest BCUT2D eigenvalue weighted by atomic mass is 10.1. The lowest BCUT2D eigenvalue weighted by Gasteiger charge is -2.07. The number of likely N-dealkylation sites (N-methyl/N-ethyl adjacent to an activating group) is 1. The van der Waals surface area contributed by atoms with Gasteiger partial charge in [0.05, 0.1) is 11.0 Å². The molecule has 1 atom stereocenters. The maximum absolute atomic E-state index is 10.8. The van der Waals surface area contributed by atoms with Gasteiger partial charge in [-0.2, -0.15) is 0 Å². The minimum atomic E-state index is -0.499. The summed E-state index contributed by atoms with van der Waals surface area (Å²) < 4.78 is 0. The average molecular weight is 175 g/mol. The van der Waals surface area contributed by atoms with E-state index in [1.807, 2.05) is 0 Å². The normalized spacial score (nSPS) is 12.2. The van der Waals surface area contributed by atoms with Crippen LogP contribution in [0.5, 0.6) is 0 Å². The summed E-state index contributed by atoms with van der Waals surface area (Å²) >= 11 is 4.63. The molecule has 0 radical (unpaired) electrons. The molecule has 0 spiro atoms. The molecule has 0 aliphatic rings. The molecule has 0 aliphatic carbocycles. The summed E-state index contributed by atoms with van der Waals surface area (Å²) in [5.74, 6) is -0.179. The quantitative estimate of drug-likeness (QED) is 0.485. The van der Waals surface area contributed by atoms with Gasteiger partial charge in [-0.25, -0.2) is 0 Å². The summed E-state index contributed by atoms with van der Waals surface area (Å²) in [5.41, 5.74) is 10.7. The summed E-state index contributed by atoms with van der Waals surface area (Å²) in [6, 6.07) is -0.499. The molecule has 0 saturated carbocycles. The fourth-order valence-electron chi connectivity index (χ4n) is 0.614. The molecule has 1 unspecified atom stereocenters. The Balaban J connectivity index is 3.60. The van der Waals surface area contributed by atoms with Crippen molar-refractivity contribution in [2.24, 2.45) is 11.5 Å². The first-order valence-corrected chi connectivity index (χ1v) is 3.74. The number of amides is 1. The van der Waals surface area contributed by atoms with Gasteiger partial charge >= 0.3 is 0 Å². The van der Waals surface area contributed by atoms with Gasteiger partial charge in [0.15, 0.2) is 0 Å². The molecule has 0 fully saturated rings. The Labute approximate surface area is 71.3 Å². The van der Waals surface area contributed by atoms with Gasteiger partial charge in [0.1, 0.15) is 0 Å². The molecule has 0 aromatic rings. The van der Waals surface area contributed by atoms with E-state index in [4.69, 9.17) is 11.5 Å². The summed E-state index contributed by atoms with van der Waals surface area (Å²) in [5, 5.41) is 2.44. The van der Waals surface area contributed by atoms with E-state index in [9.17, 15) is 4.79 Å². The van der Waals surface area contributed by atoms with E-state index < -0.39 is 6.04 Å². The van der Waals surface area contributed by atoms with Crippen LogP contribution in [0.2, 0.25) is 0 Å². The van der Waals surface area contributed by atoms with Crippen LogP contribution in [0.1, 0.15) is 12.8 Å². The predicted molar refractivity (Wildman–Crippen MR) is 48.1 cm³/mol. The smallest absolute Gasteiger partial charge is 0.236 e. The highest BCUT2D eigenvalue weighted by Gasteiger charge is 2.10. The second-order valence-electron chi connectivity index (χ2n) is 2.23. The standard InChI is InChI=1S/C6H13N3OS/c1-9-6(10)4(7)2-3-5(8)11/h4H,2-3,7H2,1H3,(H2,8,11)(H,9,10). The van der Waals surface area contributed by atoms with Crippen LogP contribution in [0, 0.1) is 0 Å². The molecule has 0 heterocycles. The fourth-order valence-corrected chi connectivity index (χ4v) is 0.732. The van der Waals surface area contributed by atoms with E-state index in [0.29, 0.717) is 17.8 Å². The monoisotopic (exact) mass is 175 g/mol. The zero-order valence-electron chi connectivity index (χ0n) is 6.46. The van der Waals surface area contributed by atoms with Gasteiger partial charge in [-0.1, -0.05) is 12.2 Å². The van der Waals surface area contributed by atoms with E-state index >= 15 is 0 Å². The van der Waals surface area contributed by atoms with Gasteiger partial charge in [0.25, 0.3) is 0 Å². The molecule has 11 heavy (non-hydrogen) atoms. The molecule has 5 heteroatoms. The number of nitrogens with one attached hydrogen (secondary N) is 1. The number of carbonyl (C=O) groups is 1. The summed E-state index contributed by atoms with van der Waals surface area (Å²) in [6.07, 6.45) is 1.03. The van der Waals surface area contributed by atoms with Crippen molar-refractivity contribution in [2.45, 2.75) is 18.9 Å². The summed E-state index contributed by atoms with van der Waals surface area (Å²) in [4.78, 5) is 11.2. The van der Waals surface area contributed by atoms with Gasteiger partial charge < -0.3 is 16.8 Å². The summed E-state index contributed by atoms with van der Waals surface area (Å²) in [7, 11) is 1.54. The first-order valence-electron chi connectivity index (χ1n) is 3.33. The Morgan fingerprint density at radius 3 is 2.64 bits per heavy atom. The molecule has 64 valence electrons. The number of hydrogen-bond donors (Lipinski definition) is 3. The Hall–Kier alpha value is -0.680. The highest BCUT2D eigenvalue weighted by molar-refractivity contribution is 7.80. The van der Waals surface area contributed by atoms with Gasteiger partial charge in [-0.05, 0) is 12.8 Å². The first-order chi connectivity index (χ1) is 5.07. The minimum Gasteiger partial charge on any atom is -0.393 e. The molecule has 1 amide bonds. The van der Waals surface area contributed by atoms with E-state index in [1.165, 1.54) is 0 Å². The molecule has 0 saturated heterocycles. The minimum absolute atomic E-state index is 0.179. The largest absolute Gasteiger partial charge is 0.393 e. The Morgan fingerprint density at radius 2 is 2.27 bits per heavy atom. The van der Waals surface area contributed by atoms with Gasteiger partial charge in [0.2, 0.25) is 5.91 Å². The van der Waals surface area contributed by atoms with E-state index in [0.717, 1.165) is 0 Å². The van der Waals surface area contributed by atoms with Crippen LogP contribution >= 0.6 is 12.2 Å². The van der Waals surface area contributed by atoms with Gasteiger partial charge in [0, 0.05) is 7.05 Å². The van der Waals surface area contributed by atoms with E-state index in [-0.39, 0.29) is 5.91 Å². The molecule has 0 aliphatic heterocycles. The van der Waals surface area contributed by atoms with E-state index in [1.54, 1.807) is 7.05 Å². The van der Waals surface area contributed by atoms with Crippen molar-refractivity contribution >= 4 is 23.1 Å². The maximum atomic E-state index is 10.8. The zero-order chi connectivity index (χ0) is 8.85. The van der Waals surface area contributed by atoms with Crippen LogP contribution in [0.15, 0.2) is 0 Å². The molecule has 4 nitrogen and oxygen atoms in total. The second-order valence-corrected chi connectivity index (χ2v) is 2.75. The highest BCUT2D eigenvalue weighted by Crippen LogP contribution is 1.93. The average Bonchev–Trinajstić information content (AvgIpc) is 1.98. The van der Waals surface area contributed by atoms with Crippen molar-refractivity contribution in [3.8, 4) is 0 Å². The van der Waals surface area contributed by atoms with Crippen LogP contribution in [-0.4, -0.2) is 24.0 Å². The van der Waals surface area contributed by atoms with Gasteiger partial charge in [-0.3, -0.25) is 4.79 Å². The number of nitrogens with two attached hydrogens (primary N) is 2. The lowest BCUT2D eigenvalue weighted by Crippen LogP contribution is -2.39. The molecule has 0 aromatic heterocycles. The van der Waals surface area contributed by atoms with Crippen molar-refractivity contribution in [1.82, 2.24) is 5.32 Å². The van der Waals surface area contributed by atoms with Crippen molar-refractivity contribution in [3.63, 3.8) is 0 Å². The van der Waals surface area contributed by atoms with Crippen LogP contribution < -0.4 is 16.8 Å². The number of carbonyl (C=O) groups excluding carboxylic acids is 1. The third kappa shape index (κ3) is 4.69. The molecule has 0 rings (SSSR count). The Kier molecular flexibility index (Phi) is 4.72. The van der Waals surface area contributed by atoms with Crippen molar-refractivity contribution < 1.29 is 4.79 Å². The van der Waals surface area contributed by atoms with Gasteiger partial charge in [-0.15, -0.1) is 0 Å². The lowest BCUT2D eigenvalue weighted by molar-refractivity contribution is -0.121. The molecule has 0 aromatic carbocycles. The fraction of sp³-hybridized carbons (Fsp3) is 0.667. The maximum Gasteiger partial charge on any atom is 0.236 e. The van der Waals surface area contributed by atoms with Crippen LogP contribution in [0.3, 0.4) is 0 Å². The Bertz CT molecular complexity index is 160. The second kappa shape index (κ2) is 5.03. The summed E-state index contributed by atoms with van der Waals surface area (Å²) in [6.45, 7) is 0. The number of rotatable bonds is 4. The number of hydrogen-bond acceptors (Lipinski definition) is 3. The SMILES string of the molecule is CNC(=O)C(N)CCC(N)=S. The molecule has 0 bridgehead atoms. The van der Waals surface area contributed by atoms with Crippen LogP contribution in [-0.2, 0) is 4.79 Å². The highest BCUT2D eigenvalue weighted by atomic mass is 32.1. The predicted octanol–water partition coefficient (Wildman–Crippen LogP) is -0.874. The Morgan fingerprint density at radius 1 is 1.73 bits per heavy atom. The third-order valence-electron chi connectivity index (χ3n) is 1.28. The molecular formula is C6H13N3OS. The first kappa shape index (κ1) is 10.3. The van der Waals surface area contributed by atoms with Crippen LogP contribution in [0.25, 0.3) is 0 Å². The topological polar surface area (TPSA) is 81.1 Å². The van der Waals surface area contributed by atoms with E-state index in [2.05, 4.69) is 17.5 Å². The number of thiocarbonyl (C=S) groups is 1. The van der Waals surface area contributed by atoms with Crippen molar-refractivity contribution in [1.29, 1.82) is 0 Å². The van der Waals surface area contributed by atoms with Crippen LogP contribution in [0.4, 0.5) is 0 Å². The van der Waals surface area contributed by atoms with Crippen molar-refractivity contribution in [3.05, 3.63) is 0 Å².